The summed E-state index contributed by atoms with van der Waals surface area (Å²) in [5.41, 5.74) is 0. The van der Waals surface area contributed by atoms with Crippen molar-refractivity contribution in [2.45, 2.75) is 13.3 Å². The third kappa shape index (κ3) is 3.46. The third-order valence-corrected chi connectivity index (χ3v) is 3.33. The number of halogens is 1. The number of hydrogen-bond donors (Lipinski definition) is 0. The first kappa shape index (κ1) is 12.4. The molecule has 0 spiro atoms. The van der Waals surface area contributed by atoms with Gasteiger partial charge in [-0.2, -0.15) is 0 Å². The first-order valence-corrected chi connectivity index (χ1v) is 6.60. The summed E-state index contributed by atoms with van der Waals surface area (Å²) < 4.78 is 6.61. The van der Waals surface area contributed by atoms with Crippen molar-refractivity contribution in [1.82, 2.24) is 4.90 Å². The van der Waals surface area contributed by atoms with E-state index >= 15 is 0 Å². The summed E-state index contributed by atoms with van der Waals surface area (Å²) in [5.74, 6) is 1.56. The van der Waals surface area contributed by atoms with Crippen LogP contribution in [0.15, 0.2) is 28.7 Å². The number of carbonyl (C=O) groups excluding carboxylic acids is 1. The summed E-state index contributed by atoms with van der Waals surface area (Å²) in [7, 11) is 0. The second kappa shape index (κ2) is 5.54. The summed E-state index contributed by atoms with van der Waals surface area (Å²) in [6.07, 6.45) is 0.677. The first-order valence-electron chi connectivity index (χ1n) is 5.81. The van der Waals surface area contributed by atoms with E-state index in [1.165, 1.54) is 0 Å². The van der Waals surface area contributed by atoms with Crippen LogP contribution in [-0.2, 0) is 4.79 Å². The number of carbonyl (C=O) groups is 1. The van der Waals surface area contributed by atoms with Gasteiger partial charge in [0, 0.05) is 17.4 Å². The Morgan fingerprint density at radius 2 is 2.35 bits per heavy atom. The lowest BCUT2D eigenvalue weighted by atomic mass is 10.2. The monoisotopic (exact) mass is 297 g/mol. The highest BCUT2D eigenvalue weighted by atomic mass is 79.9. The van der Waals surface area contributed by atoms with Crippen molar-refractivity contribution in [1.29, 1.82) is 0 Å². The van der Waals surface area contributed by atoms with E-state index < -0.39 is 0 Å². The molecule has 4 heteroatoms. The van der Waals surface area contributed by atoms with Crippen LogP contribution in [0.2, 0.25) is 0 Å². The average molecular weight is 298 g/mol. The number of likely N-dealkylation sites (tertiary alicyclic amines) is 1. The largest absolute Gasteiger partial charge is 0.492 e. The standard InChI is InChI=1S/C13H16BrNO2/c1-10-7-13(16)15(9-10)5-6-17-12-4-2-3-11(14)8-12/h2-4,8,10H,5-7,9H2,1H3. The molecule has 1 fully saturated rings. The fourth-order valence-electron chi connectivity index (χ4n) is 2.02. The fourth-order valence-corrected chi connectivity index (χ4v) is 2.39. The molecular formula is C13H16BrNO2. The second-order valence-corrected chi connectivity index (χ2v) is 5.37. The minimum absolute atomic E-state index is 0.246. The highest BCUT2D eigenvalue weighted by Crippen LogP contribution is 2.19. The zero-order valence-electron chi connectivity index (χ0n) is 9.86. The molecule has 1 aromatic carbocycles. The molecule has 0 aliphatic carbocycles. The summed E-state index contributed by atoms with van der Waals surface area (Å²) in [6, 6.07) is 7.73. The predicted octanol–water partition coefficient (Wildman–Crippen LogP) is 2.70. The maximum Gasteiger partial charge on any atom is 0.223 e. The predicted molar refractivity (Wildman–Crippen MR) is 70.0 cm³/mol. The zero-order chi connectivity index (χ0) is 12.3. The molecule has 0 aromatic heterocycles. The normalized spacial score (nSPS) is 19.8. The number of hydrogen-bond acceptors (Lipinski definition) is 2. The third-order valence-electron chi connectivity index (χ3n) is 2.83. The maximum absolute atomic E-state index is 11.5. The summed E-state index contributed by atoms with van der Waals surface area (Å²) in [5, 5.41) is 0. The van der Waals surface area contributed by atoms with E-state index in [-0.39, 0.29) is 5.91 Å². The van der Waals surface area contributed by atoms with Gasteiger partial charge in [-0.25, -0.2) is 0 Å². The van der Waals surface area contributed by atoms with Gasteiger partial charge >= 0.3 is 0 Å². The average Bonchev–Trinajstić information content (AvgIpc) is 2.58. The quantitative estimate of drug-likeness (QED) is 0.855. The Morgan fingerprint density at radius 1 is 1.53 bits per heavy atom. The second-order valence-electron chi connectivity index (χ2n) is 4.45. The molecule has 1 aliphatic rings. The van der Waals surface area contributed by atoms with Gasteiger partial charge in [0.15, 0.2) is 0 Å². The Morgan fingerprint density at radius 3 is 3.00 bits per heavy atom. The molecule has 1 unspecified atom stereocenters. The Balaban J connectivity index is 1.78. The van der Waals surface area contributed by atoms with Gasteiger partial charge < -0.3 is 9.64 Å². The van der Waals surface area contributed by atoms with Crippen LogP contribution in [0, 0.1) is 5.92 Å². The molecule has 1 heterocycles. The number of rotatable bonds is 4. The van der Waals surface area contributed by atoms with Crippen molar-refractivity contribution in [3.63, 3.8) is 0 Å². The first-order chi connectivity index (χ1) is 8.15. The van der Waals surface area contributed by atoms with Crippen molar-refractivity contribution in [3.05, 3.63) is 28.7 Å². The fraction of sp³-hybridized carbons (Fsp3) is 0.462. The smallest absolute Gasteiger partial charge is 0.223 e. The van der Waals surface area contributed by atoms with Gasteiger partial charge in [-0.3, -0.25) is 4.79 Å². The minimum atomic E-state index is 0.246. The van der Waals surface area contributed by atoms with Crippen molar-refractivity contribution in [2.24, 2.45) is 5.92 Å². The van der Waals surface area contributed by atoms with Gasteiger partial charge in [0.2, 0.25) is 5.91 Å². The molecule has 1 amide bonds. The van der Waals surface area contributed by atoms with Crippen LogP contribution in [-0.4, -0.2) is 30.5 Å². The molecule has 92 valence electrons. The van der Waals surface area contributed by atoms with Gasteiger partial charge in [-0.1, -0.05) is 28.9 Å². The van der Waals surface area contributed by atoms with E-state index in [1.54, 1.807) is 0 Å². The zero-order valence-corrected chi connectivity index (χ0v) is 11.4. The Labute approximate surface area is 110 Å². The molecule has 0 radical (unpaired) electrons. The van der Waals surface area contributed by atoms with E-state index in [0.29, 0.717) is 25.5 Å². The van der Waals surface area contributed by atoms with E-state index in [2.05, 4.69) is 22.9 Å². The Bertz CT molecular complexity index is 408. The molecule has 1 aromatic rings. The molecule has 0 saturated carbocycles. The topological polar surface area (TPSA) is 29.5 Å². The summed E-state index contributed by atoms with van der Waals surface area (Å²) in [6.45, 7) is 4.19. The maximum atomic E-state index is 11.5. The van der Waals surface area contributed by atoms with Crippen LogP contribution >= 0.6 is 15.9 Å². The lowest BCUT2D eigenvalue weighted by Gasteiger charge is -2.16. The van der Waals surface area contributed by atoms with Gasteiger partial charge in [-0.05, 0) is 24.1 Å². The molecule has 0 N–H and O–H groups in total. The molecule has 17 heavy (non-hydrogen) atoms. The van der Waals surface area contributed by atoms with Gasteiger partial charge in [0.25, 0.3) is 0 Å². The molecule has 1 aliphatic heterocycles. The summed E-state index contributed by atoms with van der Waals surface area (Å²) in [4.78, 5) is 13.4. The highest BCUT2D eigenvalue weighted by molar-refractivity contribution is 9.10. The van der Waals surface area contributed by atoms with Crippen molar-refractivity contribution < 1.29 is 9.53 Å². The Kier molecular flexibility index (Phi) is 4.05. The number of ether oxygens (including phenoxy) is 1. The SMILES string of the molecule is CC1CC(=O)N(CCOc2cccc(Br)c2)C1. The van der Waals surface area contributed by atoms with Crippen LogP contribution in [0.5, 0.6) is 5.75 Å². The van der Waals surface area contributed by atoms with Gasteiger partial charge in [0.1, 0.15) is 12.4 Å². The molecule has 1 atom stereocenters. The van der Waals surface area contributed by atoms with E-state index in [4.69, 9.17) is 4.74 Å². The van der Waals surface area contributed by atoms with Crippen LogP contribution in [0.25, 0.3) is 0 Å². The van der Waals surface area contributed by atoms with Crippen LogP contribution < -0.4 is 4.74 Å². The molecule has 2 rings (SSSR count). The van der Waals surface area contributed by atoms with Crippen LogP contribution in [0.3, 0.4) is 0 Å². The Hall–Kier alpha value is -1.03. The van der Waals surface area contributed by atoms with Crippen molar-refractivity contribution in [3.8, 4) is 5.75 Å². The van der Waals surface area contributed by atoms with Crippen molar-refractivity contribution in [2.75, 3.05) is 19.7 Å². The number of nitrogens with zero attached hydrogens (tertiary/aromatic N) is 1. The lowest BCUT2D eigenvalue weighted by Crippen LogP contribution is -2.29. The van der Waals surface area contributed by atoms with Crippen LogP contribution in [0.1, 0.15) is 13.3 Å². The minimum Gasteiger partial charge on any atom is -0.492 e. The van der Waals surface area contributed by atoms with Crippen molar-refractivity contribution >= 4 is 21.8 Å². The lowest BCUT2D eigenvalue weighted by molar-refractivity contribution is -0.128. The molecule has 3 nitrogen and oxygen atoms in total. The number of amides is 1. The van der Waals surface area contributed by atoms with Crippen LogP contribution in [0.4, 0.5) is 0 Å². The number of benzene rings is 1. The molecule has 1 saturated heterocycles. The van der Waals surface area contributed by atoms with E-state index in [1.807, 2.05) is 29.2 Å². The molecular weight excluding hydrogens is 282 g/mol. The summed E-state index contributed by atoms with van der Waals surface area (Å²) >= 11 is 3.39. The highest BCUT2D eigenvalue weighted by Gasteiger charge is 2.25. The van der Waals surface area contributed by atoms with E-state index in [0.717, 1.165) is 16.8 Å². The van der Waals surface area contributed by atoms with Gasteiger partial charge in [0.05, 0.1) is 6.54 Å². The van der Waals surface area contributed by atoms with E-state index in [9.17, 15) is 4.79 Å². The van der Waals surface area contributed by atoms with Gasteiger partial charge in [-0.15, -0.1) is 0 Å². The molecule has 0 bridgehead atoms.